The second-order valence-electron chi connectivity index (χ2n) is 6.82. The molecule has 1 saturated heterocycles. The third kappa shape index (κ3) is 2.37. The van der Waals surface area contributed by atoms with Gasteiger partial charge in [-0.2, -0.15) is 0 Å². The molecule has 1 heterocycles. The fourth-order valence-electron chi connectivity index (χ4n) is 3.97. The number of carboxylic acids is 1. The highest BCUT2D eigenvalue weighted by Gasteiger charge is 2.70. The summed E-state index contributed by atoms with van der Waals surface area (Å²) in [6.07, 6.45) is -2.75. The average molecular weight is 364 g/mol. The summed E-state index contributed by atoms with van der Waals surface area (Å²) in [6, 6.07) is 3.84. The van der Waals surface area contributed by atoms with Gasteiger partial charge in [0.15, 0.2) is 17.0 Å². The Labute approximate surface area is 149 Å². The maximum Gasteiger partial charge on any atom is 0.305 e. The van der Waals surface area contributed by atoms with Gasteiger partial charge < -0.3 is 25.2 Å². The summed E-state index contributed by atoms with van der Waals surface area (Å²) in [4.78, 5) is 37.1. The molecule has 0 spiro atoms. The molecule has 26 heavy (non-hydrogen) atoms. The summed E-state index contributed by atoms with van der Waals surface area (Å²) in [5.74, 6) is -3.59. The molecule has 4 atom stereocenters. The Morgan fingerprint density at radius 3 is 2.58 bits per heavy atom. The Bertz CT molecular complexity index is 787. The molecule has 1 aliphatic heterocycles. The number of carbonyl (C=O) groups excluding carboxylic acids is 2. The first kappa shape index (κ1) is 18.5. The number of aliphatic hydroxyl groups is 2. The van der Waals surface area contributed by atoms with Crippen molar-refractivity contribution in [3.05, 3.63) is 29.3 Å². The van der Waals surface area contributed by atoms with Gasteiger partial charge >= 0.3 is 5.97 Å². The molecule has 1 aromatic rings. The molecule has 0 bridgehead atoms. The lowest BCUT2D eigenvalue weighted by Crippen LogP contribution is -2.75. The number of aromatic hydroxyl groups is 1. The Balaban J connectivity index is 2.19. The summed E-state index contributed by atoms with van der Waals surface area (Å²) in [5.41, 5.74) is -5.68. The van der Waals surface area contributed by atoms with Crippen LogP contribution in [0.2, 0.25) is 0 Å². The van der Waals surface area contributed by atoms with E-state index in [1.165, 1.54) is 18.2 Å². The third-order valence-corrected chi connectivity index (χ3v) is 5.17. The summed E-state index contributed by atoms with van der Waals surface area (Å²) in [7, 11) is 0. The van der Waals surface area contributed by atoms with E-state index in [-0.39, 0.29) is 17.5 Å². The molecule has 1 aromatic carbocycles. The standard InChI is InChI=1S/C18H20O8/c1-2-4-12-18(25)16(23)14-10(5-3-6-11(14)19)15(22)17(18,24)8-9(26-12)7-13(20)21/h3,5-6,9,12,19,24-25H,2,4,7-8H2,1H3,(H,20,21). The zero-order valence-corrected chi connectivity index (χ0v) is 14.1. The predicted molar refractivity (Wildman–Crippen MR) is 87.1 cm³/mol. The minimum atomic E-state index is -2.60. The van der Waals surface area contributed by atoms with Gasteiger partial charge in [-0.15, -0.1) is 0 Å². The first-order valence-corrected chi connectivity index (χ1v) is 8.40. The van der Waals surface area contributed by atoms with E-state index in [0.29, 0.717) is 6.42 Å². The van der Waals surface area contributed by atoms with Crippen molar-refractivity contribution in [2.75, 3.05) is 0 Å². The molecule has 3 rings (SSSR count). The number of phenolic OH excluding ortho intramolecular Hbond substituents is 1. The van der Waals surface area contributed by atoms with Crippen molar-refractivity contribution in [3.63, 3.8) is 0 Å². The number of fused-ring (bicyclic) bond motifs is 2. The Morgan fingerprint density at radius 2 is 1.96 bits per heavy atom. The van der Waals surface area contributed by atoms with Gasteiger partial charge in [0, 0.05) is 12.0 Å². The first-order chi connectivity index (χ1) is 12.2. The van der Waals surface area contributed by atoms with E-state index in [4.69, 9.17) is 9.84 Å². The van der Waals surface area contributed by atoms with Crippen LogP contribution in [0, 0.1) is 0 Å². The number of ether oxygens (including phenoxy) is 1. The molecule has 4 N–H and O–H groups in total. The number of hydrogen-bond acceptors (Lipinski definition) is 7. The second kappa shape index (κ2) is 6.15. The molecule has 8 heteroatoms. The molecular formula is C18H20O8. The maximum atomic E-state index is 13.0. The van der Waals surface area contributed by atoms with E-state index < -0.39 is 59.5 Å². The first-order valence-electron chi connectivity index (χ1n) is 8.40. The molecule has 1 aliphatic carbocycles. The summed E-state index contributed by atoms with van der Waals surface area (Å²) < 4.78 is 5.60. The van der Waals surface area contributed by atoms with Gasteiger partial charge in [0.05, 0.1) is 24.2 Å². The minimum absolute atomic E-state index is 0.122. The highest BCUT2D eigenvalue weighted by molar-refractivity contribution is 6.23. The zero-order chi connectivity index (χ0) is 19.3. The smallest absolute Gasteiger partial charge is 0.305 e. The van der Waals surface area contributed by atoms with Crippen LogP contribution in [0.5, 0.6) is 5.75 Å². The van der Waals surface area contributed by atoms with Crippen LogP contribution < -0.4 is 0 Å². The quantitative estimate of drug-likeness (QED) is 0.611. The summed E-state index contributed by atoms with van der Waals surface area (Å²) >= 11 is 0. The number of ketones is 2. The van der Waals surface area contributed by atoms with Crippen molar-refractivity contribution in [2.24, 2.45) is 0 Å². The van der Waals surface area contributed by atoms with Crippen LogP contribution in [0.3, 0.4) is 0 Å². The molecule has 0 radical (unpaired) electrons. The van der Waals surface area contributed by atoms with Crippen molar-refractivity contribution in [1.82, 2.24) is 0 Å². The van der Waals surface area contributed by atoms with Crippen LogP contribution in [0.25, 0.3) is 0 Å². The lowest BCUT2D eigenvalue weighted by atomic mass is 9.60. The van der Waals surface area contributed by atoms with Crippen molar-refractivity contribution < 1.29 is 39.5 Å². The van der Waals surface area contributed by atoms with Gasteiger partial charge in [-0.25, -0.2) is 0 Å². The zero-order valence-electron chi connectivity index (χ0n) is 14.1. The van der Waals surface area contributed by atoms with E-state index in [9.17, 15) is 29.7 Å². The lowest BCUT2D eigenvalue weighted by molar-refractivity contribution is -0.235. The molecule has 4 unspecified atom stereocenters. The highest BCUT2D eigenvalue weighted by atomic mass is 16.5. The van der Waals surface area contributed by atoms with E-state index in [1.807, 2.05) is 0 Å². The van der Waals surface area contributed by atoms with Crippen LogP contribution in [-0.4, -0.2) is 61.4 Å². The lowest BCUT2D eigenvalue weighted by Gasteiger charge is -2.53. The van der Waals surface area contributed by atoms with Gasteiger partial charge in [-0.05, 0) is 12.5 Å². The number of carbonyl (C=O) groups is 3. The third-order valence-electron chi connectivity index (χ3n) is 5.17. The molecule has 0 amide bonds. The number of phenols is 1. The predicted octanol–water partition coefficient (Wildman–Crippen LogP) is 0.666. The maximum absolute atomic E-state index is 13.0. The number of Topliss-reactive ketones (excluding diaryl/α,β-unsaturated/α-hetero) is 2. The molecule has 1 fully saturated rings. The van der Waals surface area contributed by atoms with Crippen molar-refractivity contribution in [1.29, 1.82) is 0 Å². The fourth-order valence-corrected chi connectivity index (χ4v) is 3.97. The SMILES string of the molecule is CCCC1OC(CC(=O)O)CC2(O)C(=O)c3cccc(O)c3C(=O)C12O. The minimum Gasteiger partial charge on any atom is -0.507 e. The number of benzene rings is 1. The molecule has 0 aromatic heterocycles. The van der Waals surface area contributed by atoms with Crippen LogP contribution in [-0.2, 0) is 9.53 Å². The second-order valence-corrected chi connectivity index (χ2v) is 6.82. The molecule has 140 valence electrons. The van der Waals surface area contributed by atoms with E-state index >= 15 is 0 Å². The van der Waals surface area contributed by atoms with Gasteiger partial charge in [0.2, 0.25) is 5.78 Å². The number of aliphatic carboxylic acids is 1. The van der Waals surface area contributed by atoms with Crippen LogP contribution in [0.1, 0.15) is 53.3 Å². The molecular weight excluding hydrogens is 344 g/mol. The van der Waals surface area contributed by atoms with Gasteiger partial charge in [-0.1, -0.05) is 25.5 Å². The van der Waals surface area contributed by atoms with Gasteiger partial charge in [-0.3, -0.25) is 14.4 Å². The largest absolute Gasteiger partial charge is 0.507 e. The topological polar surface area (TPSA) is 141 Å². The number of hydrogen-bond donors (Lipinski definition) is 4. The Morgan fingerprint density at radius 1 is 1.27 bits per heavy atom. The van der Waals surface area contributed by atoms with Gasteiger partial charge in [0.25, 0.3) is 0 Å². The summed E-state index contributed by atoms with van der Waals surface area (Å²) in [5, 5.41) is 41.4. The normalized spacial score (nSPS) is 33.5. The van der Waals surface area contributed by atoms with Crippen molar-refractivity contribution in [2.45, 2.75) is 56.0 Å². The average Bonchev–Trinajstić information content (AvgIpc) is 2.56. The summed E-state index contributed by atoms with van der Waals surface area (Å²) in [6.45, 7) is 1.76. The molecule has 0 saturated carbocycles. The van der Waals surface area contributed by atoms with Crippen LogP contribution >= 0.6 is 0 Å². The Hall–Kier alpha value is -2.29. The number of rotatable bonds is 4. The van der Waals surface area contributed by atoms with E-state index in [2.05, 4.69) is 0 Å². The van der Waals surface area contributed by atoms with Crippen LogP contribution in [0.15, 0.2) is 18.2 Å². The van der Waals surface area contributed by atoms with E-state index in [1.54, 1.807) is 6.92 Å². The fraction of sp³-hybridized carbons (Fsp3) is 0.500. The van der Waals surface area contributed by atoms with Crippen LogP contribution in [0.4, 0.5) is 0 Å². The van der Waals surface area contributed by atoms with Crippen molar-refractivity contribution in [3.8, 4) is 5.75 Å². The van der Waals surface area contributed by atoms with Crippen molar-refractivity contribution >= 4 is 17.5 Å². The van der Waals surface area contributed by atoms with E-state index in [0.717, 1.165) is 0 Å². The Kier molecular flexibility index (Phi) is 4.38. The number of carboxylic acid groups (broad SMARTS) is 1. The molecule has 8 nitrogen and oxygen atoms in total. The highest BCUT2D eigenvalue weighted by Crippen LogP contribution is 2.49. The molecule has 2 aliphatic rings. The van der Waals surface area contributed by atoms with Gasteiger partial charge in [0.1, 0.15) is 5.75 Å². The monoisotopic (exact) mass is 364 g/mol.